The third-order valence-electron chi connectivity index (χ3n) is 5.17. The summed E-state index contributed by atoms with van der Waals surface area (Å²) in [6.45, 7) is 3.07. The van der Waals surface area contributed by atoms with Crippen LogP contribution in [-0.2, 0) is 18.4 Å². The number of aromatic nitrogens is 2. The van der Waals surface area contributed by atoms with E-state index >= 15 is 0 Å². The first-order valence-electron chi connectivity index (χ1n) is 9.47. The van der Waals surface area contributed by atoms with E-state index in [4.69, 9.17) is 0 Å². The lowest BCUT2D eigenvalue weighted by Crippen LogP contribution is -2.50. The number of hydrogen-bond acceptors (Lipinski definition) is 6. The first-order valence-corrected chi connectivity index (χ1v) is 9.47. The largest absolute Gasteiger partial charge is 0.501 e. The summed E-state index contributed by atoms with van der Waals surface area (Å²) in [6.07, 6.45) is 0. The monoisotopic (exact) mass is 417 g/mol. The van der Waals surface area contributed by atoms with Gasteiger partial charge in [0.2, 0.25) is 11.7 Å². The summed E-state index contributed by atoms with van der Waals surface area (Å²) >= 11 is 0. The van der Waals surface area contributed by atoms with Gasteiger partial charge in [0.05, 0.1) is 0 Å². The minimum Gasteiger partial charge on any atom is -0.501 e. The highest BCUT2D eigenvalue weighted by atomic mass is 19.1. The number of aromatic hydroxyl groups is 1. The zero-order chi connectivity index (χ0) is 22.0. The van der Waals surface area contributed by atoms with E-state index in [1.165, 1.54) is 38.2 Å². The molecule has 1 aliphatic rings. The van der Waals surface area contributed by atoms with Crippen molar-refractivity contribution in [2.45, 2.75) is 19.5 Å². The van der Waals surface area contributed by atoms with Crippen LogP contribution in [0.25, 0.3) is 0 Å². The molecule has 1 unspecified atom stereocenters. The Balaban J connectivity index is 1.92. The highest BCUT2D eigenvalue weighted by Crippen LogP contribution is 2.24. The van der Waals surface area contributed by atoms with E-state index in [1.54, 1.807) is 4.90 Å². The van der Waals surface area contributed by atoms with Crippen LogP contribution < -0.4 is 10.9 Å². The SMILES string of the molecule is CC(=O)N1CCN(C)CC1c1nc(C(=O)NCc2ccc(F)cc2)c(O)c(=O)n1C. The molecule has 1 saturated heterocycles. The Labute approximate surface area is 172 Å². The third kappa shape index (κ3) is 4.33. The van der Waals surface area contributed by atoms with Crippen LogP contribution in [0.2, 0.25) is 0 Å². The Kier molecular flexibility index (Phi) is 6.16. The van der Waals surface area contributed by atoms with Crippen LogP contribution in [0.5, 0.6) is 5.75 Å². The summed E-state index contributed by atoms with van der Waals surface area (Å²) in [5.74, 6) is -1.86. The molecular weight excluding hydrogens is 393 g/mol. The van der Waals surface area contributed by atoms with Crippen molar-refractivity contribution in [3.05, 3.63) is 57.5 Å². The van der Waals surface area contributed by atoms with Crippen molar-refractivity contribution < 1.29 is 19.1 Å². The molecular formula is C20H24FN5O4. The molecule has 10 heteroatoms. The minimum absolute atomic E-state index is 0.0660. The topological polar surface area (TPSA) is 108 Å². The average molecular weight is 417 g/mol. The van der Waals surface area contributed by atoms with Gasteiger partial charge >= 0.3 is 0 Å². The molecule has 0 spiro atoms. The maximum Gasteiger partial charge on any atom is 0.296 e. The van der Waals surface area contributed by atoms with Crippen LogP contribution in [0.4, 0.5) is 4.39 Å². The quantitative estimate of drug-likeness (QED) is 0.745. The predicted molar refractivity (Wildman–Crippen MR) is 106 cm³/mol. The molecule has 0 bridgehead atoms. The number of likely N-dealkylation sites (N-methyl/N-ethyl adjacent to an activating group) is 1. The molecule has 2 aromatic rings. The van der Waals surface area contributed by atoms with Crippen molar-refractivity contribution in [1.82, 2.24) is 24.7 Å². The van der Waals surface area contributed by atoms with Crippen LogP contribution >= 0.6 is 0 Å². The van der Waals surface area contributed by atoms with Crippen molar-refractivity contribution in [2.75, 3.05) is 26.7 Å². The average Bonchev–Trinajstić information content (AvgIpc) is 2.71. The fourth-order valence-corrected chi connectivity index (χ4v) is 3.45. The predicted octanol–water partition coefficient (Wildman–Crippen LogP) is 0.390. The Hall–Kier alpha value is -3.27. The van der Waals surface area contributed by atoms with Crippen molar-refractivity contribution in [3.8, 4) is 5.75 Å². The highest BCUT2D eigenvalue weighted by molar-refractivity contribution is 5.94. The van der Waals surface area contributed by atoms with E-state index in [0.29, 0.717) is 25.2 Å². The smallest absolute Gasteiger partial charge is 0.296 e. The Morgan fingerprint density at radius 2 is 1.90 bits per heavy atom. The molecule has 1 aromatic carbocycles. The summed E-state index contributed by atoms with van der Waals surface area (Å²) in [4.78, 5) is 45.2. The van der Waals surface area contributed by atoms with Crippen molar-refractivity contribution in [1.29, 1.82) is 0 Å². The molecule has 2 N–H and O–H groups in total. The summed E-state index contributed by atoms with van der Waals surface area (Å²) in [5.41, 5.74) is -0.541. The molecule has 2 heterocycles. The van der Waals surface area contributed by atoms with Crippen LogP contribution in [0.3, 0.4) is 0 Å². The Bertz CT molecular complexity index is 1020. The number of halogens is 1. The van der Waals surface area contributed by atoms with Gasteiger partial charge in [-0.05, 0) is 24.7 Å². The van der Waals surface area contributed by atoms with Crippen LogP contribution in [0, 0.1) is 5.82 Å². The van der Waals surface area contributed by atoms with E-state index in [9.17, 15) is 23.9 Å². The highest BCUT2D eigenvalue weighted by Gasteiger charge is 2.33. The summed E-state index contributed by atoms with van der Waals surface area (Å²) in [5, 5.41) is 12.8. The van der Waals surface area contributed by atoms with Crippen molar-refractivity contribution in [3.63, 3.8) is 0 Å². The fraction of sp³-hybridized carbons (Fsp3) is 0.400. The van der Waals surface area contributed by atoms with E-state index in [2.05, 4.69) is 10.3 Å². The van der Waals surface area contributed by atoms with Gasteiger partial charge in [0.15, 0.2) is 5.69 Å². The minimum atomic E-state index is -0.774. The van der Waals surface area contributed by atoms with Crippen LogP contribution in [0.1, 0.15) is 34.8 Å². The summed E-state index contributed by atoms with van der Waals surface area (Å²) in [7, 11) is 3.33. The van der Waals surface area contributed by atoms with Gasteiger partial charge in [-0.25, -0.2) is 9.37 Å². The molecule has 2 amide bonds. The molecule has 1 atom stereocenters. The molecule has 9 nitrogen and oxygen atoms in total. The number of benzene rings is 1. The maximum absolute atomic E-state index is 13.0. The number of carbonyl (C=O) groups is 2. The number of piperazine rings is 1. The lowest BCUT2D eigenvalue weighted by molar-refractivity contribution is -0.134. The second-order valence-corrected chi connectivity index (χ2v) is 7.33. The van der Waals surface area contributed by atoms with Gasteiger partial charge in [0, 0.05) is 40.2 Å². The third-order valence-corrected chi connectivity index (χ3v) is 5.17. The number of rotatable bonds is 4. The number of amides is 2. The zero-order valence-corrected chi connectivity index (χ0v) is 17.1. The van der Waals surface area contributed by atoms with E-state index in [1.807, 2.05) is 11.9 Å². The van der Waals surface area contributed by atoms with Gasteiger partial charge in [0.1, 0.15) is 17.7 Å². The molecule has 0 saturated carbocycles. The van der Waals surface area contributed by atoms with Gasteiger partial charge in [-0.3, -0.25) is 19.0 Å². The van der Waals surface area contributed by atoms with E-state index < -0.39 is 34.8 Å². The maximum atomic E-state index is 13.0. The van der Waals surface area contributed by atoms with E-state index in [0.717, 1.165) is 4.57 Å². The van der Waals surface area contributed by atoms with Gasteiger partial charge in [-0.2, -0.15) is 0 Å². The fourth-order valence-electron chi connectivity index (χ4n) is 3.45. The van der Waals surface area contributed by atoms with Gasteiger partial charge in [-0.15, -0.1) is 0 Å². The molecule has 1 aliphatic heterocycles. The molecule has 1 aromatic heterocycles. The number of nitrogens with zero attached hydrogens (tertiary/aromatic N) is 4. The summed E-state index contributed by atoms with van der Waals surface area (Å²) < 4.78 is 14.2. The van der Waals surface area contributed by atoms with Crippen molar-refractivity contribution >= 4 is 11.8 Å². The molecule has 1 fully saturated rings. The Morgan fingerprint density at radius 1 is 1.23 bits per heavy atom. The van der Waals surface area contributed by atoms with Gasteiger partial charge < -0.3 is 20.2 Å². The van der Waals surface area contributed by atoms with Gasteiger partial charge in [0.25, 0.3) is 11.5 Å². The lowest BCUT2D eigenvalue weighted by Gasteiger charge is -2.39. The summed E-state index contributed by atoms with van der Waals surface area (Å²) in [6, 6.07) is 5.03. The van der Waals surface area contributed by atoms with Crippen LogP contribution in [-0.4, -0.2) is 63.0 Å². The second kappa shape index (κ2) is 8.62. The lowest BCUT2D eigenvalue weighted by atomic mass is 10.1. The number of hydrogen-bond donors (Lipinski definition) is 2. The first kappa shape index (κ1) is 21.4. The van der Waals surface area contributed by atoms with Crippen LogP contribution in [0.15, 0.2) is 29.1 Å². The molecule has 3 rings (SSSR count). The number of nitrogens with one attached hydrogen (secondary N) is 1. The second-order valence-electron chi connectivity index (χ2n) is 7.33. The molecule has 0 radical (unpaired) electrons. The molecule has 0 aliphatic carbocycles. The van der Waals surface area contributed by atoms with E-state index in [-0.39, 0.29) is 18.3 Å². The van der Waals surface area contributed by atoms with Gasteiger partial charge in [-0.1, -0.05) is 12.1 Å². The standard InChI is InChI=1S/C20H24FN5O4/c1-12(27)26-9-8-24(2)11-15(26)18-23-16(17(28)20(30)25(18)3)19(29)22-10-13-4-6-14(21)7-5-13/h4-7,15,28H,8-11H2,1-3H3,(H,22,29). The zero-order valence-electron chi connectivity index (χ0n) is 17.1. The molecule has 30 heavy (non-hydrogen) atoms. The Morgan fingerprint density at radius 3 is 2.53 bits per heavy atom. The first-order chi connectivity index (χ1) is 14.2. The number of carbonyl (C=O) groups excluding carboxylic acids is 2. The normalized spacial score (nSPS) is 17.1. The molecule has 160 valence electrons. The van der Waals surface area contributed by atoms with Crippen molar-refractivity contribution in [2.24, 2.45) is 7.05 Å².